The number of carboxylic acid groups (broad SMARTS) is 1. The van der Waals surface area contributed by atoms with Crippen LogP contribution >= 0.6 is 0 Å². The van der Waals surface area contributed by atoms with Gasteiger partial charge in [-0.25, -0.2) is 4.79 Å². The number of carbonyl (C=O) groups excluding carboxylic acids is 2. The first-order valence-electron chi connectivity index (χ1n) is 12.9. The Hall–Kier alpha value is -4.13. The van der Waals surface area contributed by atoms with Crippen molar-refractivity contribution >= 4 is 40.2 Å². The van der Waals surface area contributed by atoms with E-state index in [1.807, 2.05) is 30.3 Å². The van der Waals surface area contributed by atoms with Gasteiger partial charge in [-0.15, -0.1) is 0 Å². The number of fused-ring (bicyclic) bond motifs is 1. The van der Waals surface area contributed by atoms with E-state index in [-0.39, 0.29) is 11.8 Å². The number of nitrogens with zero attached hydrogens (tertiary/aromatic N) is 2. The van der Waals surface area contributed by atoms with E-state index in [2.05, 4.69) is 25.7 Å². The van der Waals surface area contributed by atoms with Crippen molar-refractivity contribution in [2.75, 3.05) is 43.1 Å². The molecule has 1 aliphatic heterocycles. The zero-order valence-corrected chi connectivity index (χ0v) is 21.6. The number of nitrogens with one attached hydrogen (secondary N) is 3. The van der Waals surface area contributed by atoms with Crippen LogP contribution in [-0.4, -0.2) is 72.1 Å². The van der Waals surface area contributed by atoms with Gasteiger partial charge in [0, 0.05) is 41.8 Å². The first-order valence-corrected chi connectivity index (χ1v) is 12.9. The van der Waals surface area contributed by atoms with E-state index in [1.54, 1.807) is 12.1 Å². The molecule has 0 atom stereocenters. The van der Waals surface area contributed by atoms with Crippen molar-refractivity contribution < 1.29 is 37.4 Å². The lowest BCUT2D eigenvalue weighted by atomic mass is 10.1. The highest BCUT2D eigenvalue weighted by atomic mass is 19.4. The van der Waals surface area contributed by atoms with Gasteiger partial charge in [0.05, 0.1) is 18.7 Å². The Kier molecular flexibility index (Phi) is 9.25. The topological polar surface area (TPSA) is 137 Å². The van der Waals surface area contributed by atoms with Gasteiger partial charge in [-0.3, -0.25) is 14.7 Å². The molecule has 1 saturated carbocycles. The summed E-state index contributed by atoms with van der Waals surface area (Å²) in [5, 5.41) is 20.9. The summed E-state index contributed by atoms with van der Waals surface area (Å²) >= 11 is 0. The number of carbonyl (C=O) groups is 3. The Bertz CT molecular complexity index is 1330. The minimum absolute atomic E-state index is 0.0963. The number of aromatic amines is 1. The molecule has 1 aromatic heterocycles. The number of carboxylic acids is 1. The molecule has 4 N–H and O–H groups in total. The normalized spacial score (nSPS) is 15.8. The molecule has 214 valence electrons. The van der Waals surface area contributed by atoms with E-state index in [4.69, 9.17) is 14.6 Å². The number of aliphatic carboxylic acids is 1. The summed E-state index contributed by atoms with van der Waals surface area (Å²) in [5.74, 6) is -2.10. The van der Waals surface area contributed by atoms with Crippen LogP contribution in [0.3, 0.4) is 0 Å². The summed E-state index contributed by atoms with van der Waals surface area (Å²) < 4.78 is 37.1. The second-order valence-corrected chi connectivity index (χ2v) is 9.60. The molecule has 2 aromatic carbocycles. The molecular formula is C27H30F3N5O5. The predicted octanol–water partition coefficient (Wildman–Crippen LogP) is 4.21. The van der Waals surface area contributed by atoms with Gasteiger partial charge < -0.3 is 25.4 Å². The van der Waals surface area contributed by atoms with Crippen molar-refractivity contribution in [3.63, 3.8) is 0 Å². The average Bonchev–Trinajstić information content (AvgIpc) is 3.62. The molecule has 0 unspecified atom stereocenters. The van der Waals surface area contributed by atoms with Crippen molar-refractivity contribution in [3.8, 4) is 0 Å². The molecule has 0 radical (unpaired) electrons. The number of H-pyrrole nitrogens is 1. The van der Waals surface area contributed by atoms with Crippen LogP contribution in [0.25, 0.3) is 10.9 Å². The zero-order valence-electron chi connectivity index (χ0n) is 21.6. The summed E-state index contributed by atoms with van der Waals surface area (Å²) in [4.78, 5) is 36.6. The molecule has 2 aliphatic rings. The Morgan fingerprint density at radius 1 is 1.00 bits per heavy atom. The summed E-state index contributed by atoms with van der Waals surface area (Å²) in [5.41, 5.74) is 2.95. The molecule has 5 rings (SSSR count). The van der Waals surface area contributed by atoms with E-state index in [1.165, 1.54) is 25.7 Å². The van der Waals surface area contributed by atoms with Crippen molar-refractivity contribution in [3.05, 3.63) is 53.6 Å². The lowest BCUT2D eigenvalue weighted by molar-refractivity contribution is -0.192. The van der Waals surface area contributed by atoms with E-state index < -0.39 is 12.1 Å². The van der Waals surface area contributed by atoms with E-state index >= 15 is 0 Å². The highest BCUT2D eigenvalue weighted by Gasteiger charge is 2.38. The van der Waals surface area contributed by atoms with Crippen molar-refractivity contribution in [1.82, 2.24) is 15.5 Å². The molecule has 0 bridgehead atoms. The van der Waals surface area contributed by atoms with Crippen molar-refractivity contribution in [1.29, 1.82) is 0 Å². The summed E-state index contributed by atoms with van der Waals surface area (Å²) in [6.45, 7) is 3.85. The molecule has 1 saturated heterocycles. The van der Waals surface area contributed by atoms with Crippen LogP contribution in [-0.2, 0) is 9.53 Å². The van der Waals surface area contributed by atoms with E-state index in [9.17, 15) is 22.8 Å². The van der Waals surface area contributed by atoms with E-state index in [0.29, 0.717) is 34.8 Å². The molecule has 2 fully saturated rings. The first kappa shape index (κ1) is 28.9. The molecule has 40 heavy (non-hydrogen) atoms. The average molecular weight is 562 g/mol. The quantitative estimate of drug-likeness (QED) is 0.354. The van der Waals surface area contributed by atoms with Gasteiger partial charge in [0.1, 0.15) is 0 Å². The van der Waals surface area contributed by atoms with Crippen LogP contribution in [0.2, 0.25) is 0 Å². The number of morpholine rings is 1. The third-order valence-electron chi connectivity index (χ3n) is 6.83. The maximum absolute atomic E-state index is 12.8. The Morgan fingerprint density at radius 2 is 1.62 bits per heavy atom. The largest absolute Gasteiger partial charge is 0.490 e. The summed E-state index contributed by atoms with van der Waals surface area (Å²) in [6, 6.07) is 12.9. The van der Waals surface area contributed by atoms with Crippen molar-refractivity contribution in [2.45, 2.75) is 31.9 Å². The SMILES string of the molecule is O=C(NCC1CCCC1)c1ccc2[nH]nc(NC(=O)c3ccc(N4CCOCC4)cc3)c2c1.O=C(O)C(F)(F)F. The number of benzene rings is 2. The third kappa shape index (κ3) is 7.50. The maximum Gasteiger partial charge on any atom is 0.490 e. The highest BCUT2D eigenvalue weighted by Crippen LogP contribution is 2.25. The maximum atomic E-state index is 12.8. The van der Waals surface area contributed by atoms with Crippen LogP contribution < -0.4 is 15.5 Å². The van der Waals surface area contributed by atoms with Gasteiger partial charge in [0.25, 0.3) is 11.8 Å². The fourth-order valence-corrected chi connectivity index (χ4v) is 4.63. The minimum atomic E-state index is -5.08. The number of ether oxygens (including phenoxy) is 1. The predicted molar refractivity (Wildman–Crippen MR) is 142 cm³/mol. The van der Waals surface area contributed by atoms with Crippen LogP contribution in [0.1, 0.15) is 46.4 Å². The number of anilines is 2. The molecule has 2 amide bonds. The molecule has 2 heterocycles. The lowest BCUT2D eigenvalue weighted by Crippen LogP contribution is -2.36. The molecule has 10 nitrogen and oxygen atoms in total. The van der Waals surface area contributed by atoms with Crippen LogP contribution in [0.5, 0.6) is 0 Å². The highest BCUT2D eigenvalue weighted by molar-refractivity contribution is 6.09. The van der Waals surface area contributed by atoms with Crippen LogP contribution in [0.4, 0.5) is 24.7 Å². The lowest BCUT2D eigenvalue weighted by Gasteiger charge is -2.28. The number of halogens is 3. The van der Waals surface area contributed by atoms with Gasteiger partial charge in [-0.05, 0) is 61.2 Å². The fraction of sp³-hybridized carbons (Fsp3) is 0.407. The van der Waals surface area contributed by atoms with Crippen molar-refractivity contribution in [2.24, 2.45) is 5.92 Å². The number of hydrogen-bond donors (Lipinski definition) is 4. The number of alkyl halides is 3. The van der Waals surface area contributed by atoms with Gasteiger partial charge >= 0.3 is 12.1 Å². The standard InChI is InChI=1S/C25H29N5O3.C2HF3O2/c31-24(26-16-17-3-1-2-4-17)19-7-10-22-21(15-19)23(29-28-22)27-25(32)18-5-8-20(9-6-18)30-11-13-33-14-12-30;3-2(4,5)1(6)7/h5-10,15,17H,1-4,11-14,16H2,(H,26,31)(H2,27,28,29,32);(H,6,7). The van der Waals surface area contributed by atoms with Crippen LogP contribution in [0, 0.1) is 5.92 Å². The monoisotopic (exact) mass is 561 g/mol. The minimum Gasteiger partial charge on any atom is -0.475 e. The Balaban J connectivity index is 0.000000470. The smallest absolute Gasteiger partial charge is 0.475 e. The Labute approximate surface area is 227 Å². The zero-order chi connectivity index (χ0) is 28.7. The summed E-state index contributed by atoms with van der Waals surface area (Å²) in [6.07, 6.45) is -0.212. The second kappa shape index (κ2) is 12.8. The van der Waals surface area contributed by atoms with Gasteiger partial charge in [0.15, 0.2) is 5.82 Å². The third-order valence-corrected chi connectivity index (χ3v) is 6.83. The van der Waals surface area contributed by atoms with Gasteiger partial charge in [0.2, 0.25) is 0 Å². The first-order chi connectivity index (χ1) is 19.1. The van der Waals surface area contributed by atoms with E-state index in [0.717, 1.165) is 37.5 Å². The molecule has 13 heteroatoms. The molecule has 0 spiro atoms. The number of aromatic nitrogens is 2. The van der Waals surface area contributed by atoms with Crippen LogP contribution in [0.15, 0.2) is 42.5 Å². The Morgan fingerprint density at radius 3 is 2.25 bits per heavy atom. The molecular weight excluding hydrogens is 531 g/mol. The van der Waals surface area contributed by atoms with Gasteiger partial charge in [-0.2, -0.15) is 18.3 Å². The fourth-order valence-electron chi connectivity index (χ4n) is 4.63. The summed E-state index contributed by atoms with van der Waals surface area (Å²) in [7, 11) is 0. The second-order valence-electron chi connectivity index (χ2n) is 9.60. The molecule has 1 aliphatic carbocycles. The number of hydrogen-bond acceptors (Lipinski definition) is 6. The number of amides is 2. The molecule has 3 aromatic rings. The number of rotatable bonds is 6. The van der Waals surface area contributed by atoms with Gasteiger partial charge in [-0.1, -0.05) is 12.8 Å².